The topological polar surface area (TPSA) is 86.0 Å². The van der Waals surface area contributed by atoms with E-state index in [-0.39, 0.29) is 28.9 Å². The van der Waals surface area contributed by atoms with E-state index in [1.165, 1.54) is 11.1 Å². The monoisotopic (exact) mass is 338 g/mol. The van der Waals surface area contributed by atoms with Crippen LogP contribution in [0.2, 0.25) is 0 Å². The van der Waals surface area contributed by atoms with Gasteiger partial charge in [0.1, 0.15) is 5.60 Å². The van der Waals surface area contributed by atoms with Gasteiger partial charge in [-0.05, 0) is 30.4 Å². The van der Waals surface area contributed by atoms with Gasteiger partial charge in [0.2, 0.25) is 0 Å². The number of hydrogen-bond donors (Lipinski definition) is 0. The minimum absolute atomic E-state index is 0. The van der Waals surface area contributed by atoms with Gasteiger partial charge in [-0.3, -0.25) is 4.79 Å². The van der Waals surface area contributed by atoms with E-state index in [9.17, 15) is 4.79 Å². The average molecular weight is 338 g/mol. The van der Waals surface area contributed by atoms with Gasteiger partial charge in [0.15, 0.2) is 0 Å². The number of aryl methyl sites for hydroxylation is 1. The smallest absolute Gasteiger partial charge is 0 e. The molecule has 1 heterocycles. The van der Waals surface area contributed by atoms with E-state index in [2.05, 4.69) is 38.2 Å². The Balaban J connectivity index is 0. The van der Waals surface area contributed by atoms with Crippen molar-refractivity contribution in [1.82, 2.24) is 0 Å². The van der Waals surface area contributed by atoms with Crippen LogP contribution < -0.4 is 0 Å². The zero-order valence-corrected chi connectivity index (χ0v) is 13.1. The number of carbonyl (C=O) groups excluding carboxylic acids is 1. The number of rotatable bonds is 0. The molecule has 0 unspecified atom stereocenters. The molecule has 1 fully saturated rings. The summed E-state index contributed by atoms with van der Waals surface area (Å²) in [6.45, 7) is 13.5. The molecule has 0 aromatic heterocycles. The Labute approximate surface area is 140 Å². The summed E-state index contributed by atoms with van der Waals surface area (Å²) in [4.78, 5) is 11.3. The van der Waals surface area contributed by atoms with Crippen LogP contribution in [-0.4, -0.2) is 5.97 Å². The van der Waals surface area contributed by atoms with Gasteiger partial charge in [0.25, 0.3) is 0 Å². The second-order valence-electron chi connectivity index (χ2n) is 4.48. The van der Waals surface area contributed by atoms with E-state index < -0.39 is 0 Å². The van der Waals surface area contributed by atoms with Crippen molar-refractivity contribution in [2.75, 3.05) is 0 Å². The van der Waals surface area contributed by atoms with Gasteiger partial charge >= 0.3 is 39.9 Å². The molecule has 1 spiro atoms. The Morgan fingerprint density at radius 2 is 1.55 bits per heavy atom. The molecule has 0 saturated carbocycles. The summed E-state index contributed by atoms with van der Waals surface area (Å²) >= 11 is 0. The first-order chi connectivity index (χ1) is 10.3. The summed E-state index contributed by atoms with van der Waals surface area (Å²) in [5, 5.41) is 0. The molecule has 6 heteroatoms. The van der Waals surface area contributed by atoms with Crippen LogP contribution in [0.1, 0.15) is 36.8 Å². The second kappa shape index (κ2) is 12.0. The molecule has 1 aromatic carbocycles. The molecular formula is C16H14CrO5. The number of hydrogen-bond acceptors (Lipinski definition) is 2. The third-order valence-corrected chi connectivity index (χ3v) is 3.58. The number of fused-ring (bicyclic) bond motifs is 2. The molecular weight excluding hydrogens is 324 g/mol. The third kappa shape index (κ3) is 5.02. The Hall–Kier alpha value is -1.56. The predicted octanol–water partition coefficient (Wildman–Crippen LogP) is 2.44. The molecule has 22 heavy (non-hydrogen) atoms. The minimum Gasteiger partial charge on any atom is 0 e. The van der Waals surface area contributed by atoms with Crippen LogP contribution in [0.15, 0.2) is 24.3 Å². The van der Waals surface area contributed by atoms with Gasteiger partial charge in [-0.25, -0.2) is 0 Å². The Morgan fingerprint density at radius 1 is 0.955 bits per heavy atom. The Morgan fingerprint density at radius 3 is 2.09 bits per heavy atom. The van der Waals surface area contributed by atoms with Crippen molar-refractivity contribution in [3.8, 4) is 0 Å². The molecule has 1 aliphatic heterocycles. The maximum absolute atomic E-state index is 11.3. The first-order valence-corrected chi connectivity index (χ1v) is 6.22. The predicted molar refractivity (Wildman–Crippen MR) is 68.2 cm³/mol. The first-order valence-electron chi connectivity index (χ1n) is 6.22. The normalized spacial score (nSPS) is 20.0. The number of benzene rings is 1. The summed E-state index contributed by atoms with van der Waals surface area (Å²) in [7, 11) is 0. The molecule has 0 radical (unpaired) electrons. The molecule has 1 saturated heterocycles. The van der Waals surface area contributed by atoms with Crippen molar-refractivity contribution in [2.45, 2.75) is 37.7 Å². The van der Waals surface area contributed by atoms with Crippen molar-refractivity contribution < 1.29 is 40.8 Å². The van der Waals surface area contributed by atoms with Crippen LogP contribution >= 0.6 is 0 Å². The maximum Gasteiger partial charge on any atom is 0 e. The van der Waals surface area contributed by atoms with Crippen molar-refractivity contribution in [3.63, 3.8) is 0 Å². The molecule has 0 N–H and O–H groups in total. The van der Waals surface area contributed by atoms with Gasteiger partial charge in [0, 0.05) is 30.2 Å². The molecule has 1 atom stereocenters. The SMILES string of the molecule is O=C1CC[C@]2(CCCc3ccccc32)O1.[C-]#[O+].[C-]#[O+].[C-]#[O+].[Cr]. The molecule has 5 nitrogen and oxygen atoms in total. The minimum atomic E-state index is -0.272. The first kappa shape index (κ1) is 22.7. The van der Waals surface area contributed by atoms with Crippen molar-refractivity contribution in [3.05, 3.63) is 55.3 Å². The van der Waals surface area contributed by atoms with E-state index in [0.717, 1.165) is 25.7 Å². The number of ether oxygens (including phenoxy) is 1. The van der Waals surface area contributed by atoms with Gasteiger partial charge in [-0.15, -0.1) is 0 Å². The van der Waals surface area contributed by atoms with E-state index in [4.69, 9.17) is 18.7 Å². The van der Waals surface area contributed by atoms with E-state index in [0.29, 0.717) is 6.42 Å². The van der Waals surface area contributed by atoms with Crippen LogP contribution in [0.25, 0.3) is 0 Å². The van der Waals surface area contributed by atoms with Crippen LogP contribution in [0.5, 0.6) is 0 Å². The average Bonchev–Trinajstić information content (AvgIpc) is 2.95. The fourth-order valence-electron chi connectivity index (χ4n) is 2.87. The van der Waals surface area contributed by atoms with Gasteiger partial charge in [-0.1, -0.05) is 24.3 Å². The van der Waals surface area contributed by atoms with Crippen LogP contribution in [0, 0.1) is 20.0 Å². The summed E-state index contributed by atoms with van der Waals surface area (Å²) in [5.41, 5.74) is 2.34. The third-order valence-electron chi connectivity index (χ3n) is 3.58. The van der Waals surface area contributed by atoms with E-state index in [1.54, 1.807) is 0 Å². The fourth-order valence-corrected chi connectivity index (χ4v) is 2.87. The summed E-state index contributed by atoms with van der Waals surface area (Å²) in [6, 6.07) is 8.38. The maximum atomic E-state index is 11.3. The molecule has 1 aliphatic carbocycles. The number of carbonyl (C=O) groups is 1. The van der Waals surface area contributed by atoms with Crippen molar-refractivity contribution in [1.29, 1.82) is 0 Å². The molecule has 1 aromatic rings. The zero-order valence-electron chi connectivity index (χ0n) is 11.8. The van der Waals surface area contributed by atoms with Crippen molar-refractivity contribution in [2.24, 2.45) is 0 Å². The quantitative estimate of drug-likeness (QED) is 0.413. The van der Waals surface area contributed by atoms with Crippen LogP contribution in [-0.2, 0) is 52.9 Å². The van der Waals surface area contributed by atoms with E-state index in [1.807, 2.05) is 6.07 Å². The Bertz CT molecular complexity index is 521. The van der Waals surface area contributed by atoms with Gasteiger partial charge in [-0.2, -0.15) is 0 Å². The molecule has 114 valence electrons. The Kier molecular flexibility index (Phi) is 12.4. The zero-order chi connectivity index (χ0) is 16.3. The molecule has 3 rings (SSSR count). The second-order valence-corrected chi connectivity index (χ2v) is 4.48. The largest absolute Gasteiger partial charge is 0 e. The molecule has 2 aliphatic rings. The standard InChI is InChI=1S/C13H14O2.3CO.Cr/c14-12-7-9-13(15-12)8-3-5-10-4-1-2-6-11(10)13;3*1-2;/h1-2,4,6H,3,5,7-9H2;;;;/t13-;;;;/m0..../s1. The van der Waals surface area contributed by atoms with E-state index >= 15 is 0 Å². The van der Waals surface area contributed by atoms with Crippen molar-refractivity contribution >= 4 is 5.97 Å². The summed E-state index contributed by atoms with van der Waals surface area (Å²) in [6.07, 6.45) is 4.69. The van der Waals surface area contributed by atoms with Crippen LogP contribution in [0.3, 0.4) is 0 Å². The van der Waals surface area contributed by atoms with Gasteiger partial charge in [0.05, 0.1) is 0 Å². The summed E-state index contributed by atoms with van der Waals surface area (Å²) in [5.74, 6) is -0.0355. The number of esters is 1. The van der Waals surface area contributed by atoms with Crippen LogP contribution in [0.4, 0.5) is 0 Å². The van der Waals surface area contributed by atoms with Gasteiger partial charge < -0.3 is 4.74 Å². The fraction of sp³-hybridized carbons (Fsp3) is 0.375. The summed E-state index contributed by atoms with van der Waals surface area (Å²) < 4.78 is 28.1. The molecule has 0 bridgehead atoms. The molecule has 0 amide bonds.